The van der Waals surface area contributed by atoms with Crippen molar-refractivity contribution < 1.29 is 0 Å². The second kappa shape index (κ2) is 5.00. The zero-order valence-electron chi connectivity index (χ0n) is 10.3. The van der Waals surface area contributed by atoms with Gasteiger partial charge in [0, 0.05) is 16.0 Å². The summed E-state index contributed by atoms with van der Waals surface area (Å²) in [5.74, 6) is 0.581. The summed E-state index contributed by atoms with van der Waals surface area (Å²) in [6.45, 7) is 3.75. The van der Waals surface area contributed by atoms with Crippen LogP contribution in [0.2, 0.25) is 5.02 Å². The van der Waals surface area contributed by atoms with Crippen molar-refractivity contribution in [3.63, 3.8) is 0 Å². The van der Waals surface area contributed by atoms with Gasteiger partial charge in [0.15, 0.2) is 0 Å². The third kappa shape index (κ3) is 2.27. The van der Waals surface area contributed by atoms with Crippen molar-refractivity contribution in [2.45, 2.75) is 0 Å². The molecule has 1 aliphatic heterocycles. The Balaban J connectivity index is 1.97. The highest BCUT2D eigenvalue weighted by molar-refractivity contribution is 7.13. The maximum absolute atomic E-state index is 9.08. The van der Waals surface area contributed by atoms with Gasteiger partial charge in [-0.1, -0.05) is 30.3 Å². The standard InChI is InChI=1S/C14H9ClN4S/c1-8-17-11(6-16)13(18-8)12-7-20-14(19-12)9-2-4-10(15)5-3-9/h2-5,7,17-18H,1H2. The van der Waals surface area contributed by atoms with Crippen molar-refractivity contribution in [1.29, 1.82) is 5.26 Å². The van der Waals surface area contributed by atoms with E-state index in [9.17, 15) is 0 Å². The fourth-order valence-electron chi connectivity index (χ4n) is 1.85. The number of aromatic nitrogens is 1. The predicted molar refractivity (Wildman–Crippen MR) is 80.5 cm³/mol. The van der Waals surface area contributed by atoms with Crippen molar-refractivity contribution >= 4 is 28.6 Å². The number of halogens is 1. The van der Waals surface area contributed by atoms with E-state index in [-0.39, 0.29) is 0 Å². The molecule has 0 radical (unpaired) electrons. The molecule has 20 heavy (non-hydrogen) atoms. The van der Waals surface area contributed by atoms with E-state index in [0.29, 0.717) is 22.2 Å². The molecular formula is C14H9ClN4S. The number of benzene rings is 1. The lowest BCUT2D eigenvalue weighted by atomic mass is 10.2. The van der Waals surface area contributed by atoms with Gasteiger partial charge in [-0.05, 0) is 12.1 Å². The molecule has 0 spiro atoms. The average Bonchev–Trinajstić information content (AvgIpc) is 3.05. The Morgan fingerprint density at radius 1 is 1.25 bits per heavy atom. The number of thiazole rings is 1. The fourth-order valence-corrected chi connectivity index (χ4v) is 2.79. The molecule has 3 rings (SSSR count). The van der Waals surface area contributed by atoms with Crippen molar-refractivity contribution in [3.05, 3.63) is 58.5 Å². The summed E-state index contributed by atoms with van der Waals surface area (Å²) in [6.07, 6.45) is 0. The third-order valence-electron chi connectivity index (χ3n) is 2.77. The van der Waals surface area contributed by atoms with Crippen LogP contribution >= 0.6 is 22.9 Å². The van der Waals surface area contributed by atoms with Crippen LogP contribution in [0, 0.1) is 11.3 Å². The fraction of sp³-hybridized carbons (Fsp3) is 0. The zero-order chi connectivity index (χ0) is 14.1. The Hall–Kier alpha value is -2.29. The number of rotatable bonds is 2. The second-order valence-corrected chi connectivity index (χ2v) is 5.43. The van der Waals surface area contributed by atoms with Crippen LogP contribution in [0.1, 0.15) is 5.69 Å². The van der Waals surface area contributed by atoms with Crippen LogP contribution < -0.4 is 10.6 Å². The molecule has 2 heterocycles. The van der Waals surface area contributed by atoms with Crippen LogP contribution in [0.4, 0.5) is 0 Å². The largest absolute Gasteiger partial charge is 0.338 e. The minimum atomic E-state index is 0.433. The van der Waals surface area contributed by atoms with E-state index in [1.807, 2.05) is 29.6 Å². The summed E-state index contributed by atoms with van der Waals surface area (Å²) in [6, 6.07) is 9.59. The minimum absolute atomic E-state index is 0.433. The molecule has 0 saturated heterocycles. The van der Waals surface area contributed by atoms with E-state index < -0.39 is 0 Å². The summed E-state index contributed by atoms with van der Waals surface area (Å²) >= 11 is 7.39. The summed E-state index contributed by atoms with van der Waals surface area (Å²) < 4.78 is 0. The van der Waals surface area contributed by atoms with Crippen LogP contribution in [-0.2, 0) is 0 Å². The molecule has 0 atom stereocenters. The zero-order valence-corrected chi connectivity index (χ0v) is 11.8. The van der Waals surface area contributed by atoms with Gasteiger partial charge in [0.25, 0.3) is 0 Å². The number of hydrogen-bond acceptors (Lipinski definition) is 5. The van der Waals surface area contributed by atoms with Crippen molar-refractivity contribution in [1.82, 2.24) is 15.6 Å². The van der Waals surface area contributed by atoms with Gasteiger partial charge in [-0.25, -0.2) is 4.98 Å². The molecule has 2 N–H and O–H groups in total. The summed E-state index contributed by atoms with van der Waals surface area (Å²) in [5, 5.41) is 18.4. The molecule has 0 bridgehead atoms. The lowest BCUT2D eigenvalue weighted by Gasteiger charge is -1.99. The predicted octanol–water partition coefficient (Wildman–Crippen LogP) is 3.32. The quantitative estimate of drug-likeness (QED) is 0.893. The molecule has 0 amide bonds. The molecule has 0 saturated carbocycles. The lowest BCUT2D eigenvalue weighted by molar-refractivity contribution is 0.984. The normalized spacial score (nSPS) is 13.9. The summed E-state index contributed by atoms with van der Waals surface area (Å²) in [5.41, 5.74) is 2.81. The van der Waals surface area contributed by atoms with Crippen LogP contribution in [0.15, 0.2) is 47.7 Å². The molecule has 4 nitrogen and oxygen atoms in total. The highest BCUT2D eigenvalue weighted by Crippen LogP contribution is 2.29. The smallest absolute Gasteiger partial charge is 0.145 e. The topological polar surface area (TPSA) is 60.7 Å². The Morgan fingerprint density at radius 3 is 2.70 bits per heavy atom. The van der Waals surface area contributed by atoms with Gasteiger partial charge >= 0.3 is 0 Å². The first kappa shape index (κ1) is 12.7. The summed E-state index contributed by atoms with van der Waals surface area (Å²) in [7, 11) is 0. The highest BCUT2D eigenvalue weighted by atomic mass is 35.5. The van der Waals surface area contributed by atoms with E-state index in [0.717, 1.165) is 16.3 Å². The highest BCUT2D eigenvalue weighted by Gasteiger charge is 2.20. The Morgan fingerprint density at radius 2 is 2.00 bits per heavy atom. The molecule has 1 aliphatic rings. The molecule has 0 unspecified atom stereocenters. The van der Waals surface area contributed by atoms with Gasteiger partial charge in [0.2, 0.25) is 0 Å². The minimum Gasteiger partial charge on any atom is -0.338 e. The van der Waals surface area contributed by atoms with Gasteiger partial charge in [-0.2, -0.15) is 5.26 Å². The number of hydrogen-bond donors (Lipinski definition) is 2. The van der Waals surface area contributed by atoms with Crippen molar-refractivity contribution in [2.75, 3.05) is 0 Å². The van der Waals surface area contributed by atoms with E-state index in [4.69, 9.17) is 16.9 Å². The first-order valence-corrected chi connectivity index (χ1v) is 7.02. The van der Waals surface area contributed by atoms with Gasteiger partial charge < -0.3 is 10.6 Å². The number of nitrogens with one attached hydrogen (secondary N) is 2. The number of allylic oxidation sites excluding steroid dienone is 1. The van der Waals surface area contributed by atoms with Gasteiger partial charge in [-0.15, -0.1) is 11.3 Å². The van der Waals surface area contributed by atoms with E-state index in [1.54, 1.807) is 0 Å². The van der Waals surface area contributed by atoms with Crippen LogP contribution in [0.3, 0.4) is 0 Å². The lowest BCUT2D eigenvalue weighted by Crippen LogP contribution is -2.10. The van der Waals surface area contributed by atoms with Crippen LogP contribution in [-0.4, -0.2) is 4.98 Å². The van der Waals surface area contributed by atoms with E-state index in [1.165, 1.54) is 11.3 Å². The maximum atomic E-state index is 9.08. The number of nitriles is 1. The summed E-state index contributed by atoms with van der Waals surface area (Å²) in [4.78, 5) is 4.55. The third-order valence-corrected chi connectivity index (χ3v) is 3.91. The van der Waals surface area contributed by atoms with Crippen molar-refractivity contribution in [2.24, 2.45) is 0 Å². The molecule has 6 heteroatoms. The van der Waals surface area contributed by atoms with Crippen LogP contribution in [0.5, 0.6) is 0 Å². The average molecular weight is 301 g/mol. The van der Waals surface area contributed by atoms with Gasteiger partial charge in [0.05, 0.1) is 0 Å². The first-order chi connectivity index (χ1) is 9.67. The number of nitrogens with zero attached hydrogens (tertiary/aromatic N) is 2. The first-order valence-electron chi connectivity index (χ1n) is 5.76. The second-order valence-electron chi connectivity index (χ2n) is 4.14. The molecule has 0 fully saturated rings. The monoisotopic (exact) mass is 300 g/mol. The molecule has 2 aromatic rings. The van der Waals surface area contributed by atoms with Crippen LogP contribution in [0.25, 0.3) is 16.3 Å². The van der Waals surface area contributed by atoms with Crippen molar-refractivity contribution in [3.8, 4) is 16.6 Å². The molecule has 98 valence electrons. The van der Waals surface area contributed by atoms with Gasteiger partial charge in [-0.3, -0.25) is 0 Å². The SMILES string of the molecule is C=C1NC(C#N)=C(c2csc(-c3ccc(Cl)cc3)n2)N1. The van der Waals surface area contributed by atoms with Gasteiger partial charge in [0.1, 0.15) is 34.0 Å². The Labute approximate surface area is 125 Å². The molecule has 1 aromatic heterocycles. The Kier molecular flexibility index (Phi) is 3.18. The van der Waals surface area contributed by atoms with E-state index >= 15 is 0 Å². The molecule has 1 aromatic carbocycles. The maximum Gasteiger partial charge on any atom is 0.145 e. The molecule has 0 aliphatic carbocycles. The Bertz CT molecular complexity index is 752. The molecular weight excluding hydrogens is 292 g/mol. The van der Waals surface area contributed by atoms with E-state index in [2.05, 4.69) is 28.3 Å².